The summed E-state index contributed by atoms with van der Waals surface area (Å²) in [5, 5.41) is 2.49. The van der Waals surface area contributed by atoms with Crippen molar-refractivity contribution in [3.63, 3.8) is 0 Å². The average Bonchev–Trinajstić information content (AvgIpc) is 2.21. The van der Waals surface area contributed by atoms with Gasteiger partial charge in [-0.25, -0.2) is 8.42 Å². The SMILES string of the molecule is CCS(=O)(=O)CC(=O)Nc1ccc(N)cc1. The summed E-state index contributed by atoms with van der Waals surface area (Å²) in [7, 11) is -3.28. The van der Waals surface area contributed by atoms with Crippen LogP contribution in [-0.2, 0) is 14.6 Å². The Kier molecular flexibility index (Phi) is 3.89. The van der Waals surface area contributed by atoms with Crippen LogP contribution in [0.2, 0.25) is 0 Å². The third kappa shape index (κ3) is 3.90. The molecule has 88 valence electrons. The predicted molar refractivity (Wildman–Crippen MR) is 63.8 cm³/mol. The van der Waals surface area contributed by atoms with Crippen LogP contribution in [0, 0.1) is 0 Å². The highest BCUT2D eigenvalue weighted by Gasteiger charge is 2.13. The minimum absolute atomic E-state index is 0.0395. The van der Waals surface area contributed by atoms with Gasteiger partial charge < -0.3 is 11.1 Å². The zero-order chi connectivity index (χ0) is 12.2. The second-order valence-electron chi connectivity index (χ2n) is 3.35. The maximum absolute atomic E-state index is 11.4. The fourth-order valence-electron chi connectivity index (χ4n) is 1.07. The largest absolute Gasteiger partial charge is 0.399 e. The van der Waals surface area contributed by atoms with Gasteiger partial charge in [0.15, 0.2) is 9.84 Å². The molecule has 0 aliphatic carbocycles. The van der Waals surface area contributed by atoms with Crippen LogP contribution < -0.4 is 11.1 Å². The maximum atomic E-state index is 11.4. The Hall–Kier alpha value is -1.56. The summed E-state index contributed by atoms with van der Waals surface area (Å²) in [6.45, 7) is 1.51. The van der Waals surface area contributed by atoms with Crippen LogP contribution in [0.5, 0.6) is 0 Å². The van der Waals surface area contributed by atoms with E-state index in [1.54, 1.807) is 24.3 Å². The smallest absolute Gasteiger partial charge is 0.239 e. The van der Waals surface area contributed by atoms with Crippen molar-refractivity contribution in [3.05, 3.63) is 24.3 Å². The first kappa shape index (κ1) is 12.5. The maximum Gasteiger partial charge on any atom is 0.239 e. The number of nitrogen functional groups attached to an aromatic ring is 1. The molecule has 6 heteroatoms. The van der Waals surface area contributed by atoms with Gasteiger partial charge in [0, 0.05) is 17.1 Å². The van der Waals surface area contributed by atoms with Gasteiger partial charge in [-0.15, -0.1) is 0 Å². The fraction of sp³-hybridized carbons (Fsp3) is 0.300. The van der Waals surface area contributed by atoms with E-state index in [9.17, 15) is 13.2 Å². The lowest BCUT2D eigenvalue weighted by Crippen LogP contribution is -2.23. The molecule has 5 nitrogen and oxygen atoms in total. The number of anilines is 2. The second kappa shape index (κ2) is 4.98. The summed E-state index contributed by atoms with van der Waals surface area (Å²) >= 11 is 0. The molecule has 1 rings (SSSR count). The number of carbonyl (C=O) groups is 1. The molecule has 16 heavy (non-hydrogen) atoms. The van der Waals surface area contributed by atoms with Gasteiger partial charge >= 0.3 is 0 Å². The third-order valence-electron chi connectivity index (χ3n) is 1.99. The molecule has 1 aromatic rings. The molecule has 0 aliphatic rings. The first-order chi connectivity index (χ1) is 7.43. The summed E-state index contributed by atoms with van der Waals surface area (Å²) in [6, 6.07) is 6.49. The zero-order valence-electron chi connectivity index (χ0n) is 8.93. The highest BCUT2D eigenvalue weighted by Crippen LogP contribution is 2.10. The number of carbonyl (C=O) groups excluding carboxylic acids is 1. The molecule has 0 spiro atoms. The van der Waals surface area contributed by atoms with Crippen molar-refractivity contribution in [2.45, 2.75) is 6.92 Å². The molecule has 0 unspecified atom stereocenters. The summed E-state index contributed by atoms with van der Waals surface area (Å²) in [5.41, 5.74) is 6.59. The lowest BCUT2D eigenvalue weighted by atomic mass is 10.3. The quantitative estimate of drug-likeness (QED) is 0.758. The lowest BCUT2D eigenvalue weighted by Gasteiger charge is -2.05. The van der Waals surface area contributed by atoms with Gasteiger partial charge in [0.1, 0.15) is 5.75 Å². The molecule has 0 radical (unpaired) electrons. The highest BCUT2D eigenvalue weighted by atomic mass is 32.2. The Morgan fingerprint density at radius 2 is 1.88 bits per heavy atom. The Morgan fingerprint density at radius 3 is 2.38 bits per heavy atom. The molecule has 1 amide bonds. The number of sulfone groups is 1. The molecular formula is C10H14N2O3S. The van der Waals surface area contributed by atoms with E-state index in [1.165, 1.54) is 6.92 Å². The van der Waals surface area contributed by atoms with Gasteiger partial charge in [0.25, 0.3) is 0 Å². The number of benzene rings is 1. The van der Waals surface area contributed by atoms with Gasteiger partial charge in [-0.05, 0) is 24.3 Å². The van der Waals surface area contributed by atoms with E-state index in [2.05, 4.69) is 5.32 Å². The second-order valence-corrected chi connectivity index (χ2v) is 5.70. The van der Waals surface area contributed by atoms with E-state index in [0.717, 1.165) is 0 Å². The molecule has 0 aliphatic heterocycles. The molecule has 0 saturated heterocycles. The number of nitrogens with two attached hydrogens (primary N) is 1. The summed E-state index contributed by atoms with van der Waals surface area (Å²) in [5.74, 6) is -1.07. The van der Waals surface area contributed by atoms with Crippen molar-refractivity contribution in [1.82, 2.24) is 0 Å². The van der Waals surface area contributed by atoms with E-state index in [0.29, 0.717) is 11.4 Å². The van der Waals surface area contributed by atoms with Crippen LogP contribution >= 0.6 is 0 Å². The number of hydrogen-bond acceptors (Lipinski definition) is 4. The lowest BCUT2D eigenvalue weighted by molar-refractivity contribution is -0.113. The van der Waals surface area contributed by atoms with E-state index < -0.39 is 21.5 Å². The van der Waals surface area contributed by atoms with Crippen LogP contribution in [0.25, 0.3) is 0 Å². The van der Waals surface area contributed by atoms with Crippen LogP contribution in [0.3, 0.4) is 0 Å². The number of hydrogen-bond donors (Lipinski definition) is 2. The van der Waals surface area contributed by atoms with E-state index in [1.807, 2.05) is 0 Å². The zero-order valence-corrected chi connectivity index (χ0v) is 9.75. The molecule has 3 N–H and O–H groups in total. The normalized spacial score (nSPS) is 11.1. The number of nitrogens with one attached hydrogen (secondary N) is 1. The Labute approximate surface area is 94.6 Å². The van der Waals surface area contributed by atoms with Gasteiger partial charge in [-0.1, -0.05) is 6.92 Å². The first-order valence-electron chi connectivity index (χ1n) is 4.79. The van der Waals surface area contributed by atoms with E-state index in [4.69, 9.17) is 5.73 Å². The number of amides is 1. The van der Waals surface area contributed by atoms with Gasteiger partial charge in [0.2, 0.25) is 5.91 Å². The molecule has 0 heterocycles. The standard InChI is InChI=1S/C10H14N2O3S/c1-2-16(14,15)7-10(13)12-9-5-3-8(11)4-6-9/h3-6H,2,7,11H2,1H3,(H,12,13). The third-order valence-corrected chi connectivity index (χ3v) is 3.57. The molecule has 0 bridgehead atoms. The van der Waals surface area contributed by atoms with E-state index in [-0.39, 0.29) is 5.75 Å². The van der Waals surface area contributed by atoms with E-state index >= 15 is 0 Å². The highest BCUT2D eigenvalue weighted by molar-refractivity contribution is 7.92. The van der Waals surface area contributed by atoms with Crippen molar-refractivity contribution < 1.29 is 13.2 Å². The van der Waals surface area contributed by atoms with Crippen molar-refractivity contribution >= 4 is 27.1 Å². The Balaban J connectivity index is 2.62. The molecule has 0 aromatic heterocycles. The molecular weight excluding hydrogens is 228 g/mol. The van der Waals surface area contributed by atoms with Gasteiger partial charge in [-0.2, -0.15) is 0 Å². The van der Waals surface area contributed by atoms with Crippen LogP contribution in [0.15, 0.2) is 24.3 Å². The van der Waals surface area contributed by atoms with Crippen molar-refractivity contribution in [1.29, 1.82) is 0 Å². The Morgan fingerprint density at radius 1 is 1.31 bits per heavy atom. The van der Waals surface area contributed by atoms with Crippen LogP contribution in [0.4, 0.5) is 11.4 Å². The molecule has 0 saturated carbocycles. The minimum Gasteiger partial charge on any atom is -0.399 e. The Bertz CT molecular complexity index is 465. The fourth-order valence-corrected chi connectivity index (χ4v) is 1.74. The van der Waals surface area contributed by atoms with Crippen LogP contribution in [0.1, 0.15) is 6.92 Å². The molecule has 0 atom stereocenters. The van der Waals surface area contributed by atoms with Gasteiger partial charge in [-0.3, -0.25) is 4.79 Å². The van der Waals surface area contributed by atoms with Crippen molar-refractivity contribution in [3.8, 4) is 0 Å². The van der Waals surface area contributed by atoms with Crippen LogP contribution in [-0.4, -0.2) is 25.8 Å². The number of rotatable bonds is 4. The minimum atomic E-state index is -3.28. The van der Waals surface area contributed by atoms with Crippen molar-refractivity contribution in [2.24, 2.45) is 0 Å². The topological polar surface area (TPSA) is 89.3 Å². The first-order valence-corrected chi connectivity index (χ1v) is 6.61. The summed E-state index contributed by atoms with van der Waals surface area (Å²) in [4.78, 5) is 11.4. The monoisotopic (exact) mass is 242 g/mol. The average molecular weight is 242 g/mol. The molecule has 1 aromatic carbocycles. The molecule has 0 fully saturated rings. The van der Waals surface area contributed by atoms with Crippen molar-refractivity contribution in [2.75, 3.05) is 22.6 Å². The predicted octanol–water partition coefficient (Wildman–Crippen LogP) is 0.642. The summed E-state index contributed by atoms with van der Waals surface area (Å²) in [6.07, 6.45) is 0. The summed E-state index contributed by atoms with van der Waals surface area (Å²) < 4.78 is 22.3. The van der Waals surface area contributed by atoms with Gasteiger partial charge in [0.05, 0.1) is 0 Å².